The van der Waals surface area contributed by atoms with Crippen molar-refractivity contribution in [2.75, 3.05) is 36.8 Å². The van der Waals surface area contributed by atoms with Gasteiger partial charge in [0.25, 0.3) is 11.8 Å². The lowest BCUT2D eigenvalue weighted by atomic mass is 10.1. The molecule has 234 valence electrons. The first-order chi connectivity index (χ1) is 20.2. The van der Waals surface area contributed by atoms with Crippen LogP contribution in [-0.4, -0.2) is 71.7 Å². The second kappa shape index (κ2) is 14.6. The van der Waals surface area contributed by atoms with E-state index in [-0.39, 0.29) is 49.8 Å². The predicted octanol–water partition coefficient (Wildman–Crippen LogP) is 6.06. The van der Waals surface area contributed by atoms with Crippen LogP contribution < -0.4 is 21.3 Å². The van der Waals surface area contributed by atoms with Crippen LogP contribution in [-0.2, 0) is 6.42 Å². The van der Waals surface area contributed by atoms with E-state index >= 15 is 0 Å². The molecule has 2 saturated heterocycles. The molecule has 2 aliphatic heterocycles. The van der Waals surface area contributed by atoms with E-state index in [1.54, 1.807) is 12.1 Å². The van der Waals surface area contributed by atoms with Crippen LogP contribution in [0, 0.1) is 21.6 Å². The standard InChI is InChI=1S/C15H21F2N5.C12H13Cl2F2N5/c1-2-5-11-6-3-4-7-12(11)20-13(18)21-14(19)22-9-8-15(16,17)10-22;13-7-1-2-9(8(14)5-7)19-10(17)20-11(18)21-4-3-12(15,16)6-21/h3-4,6-7H,2,5,8-10H2,1H3,(H4,18,19,20,21);1-2,5H,3-4,6H2,(H4,17,18,19,20). The molecule has 4 rings (SSSR count). The Kier molecular flexibility index (Phi) is 11.4. The lowest BCUT2D eigenvalue weighted by Gasteiger charge is -2.21. The van der Waals surface area contributed by atoms with E-state index in [4.69, 9.17) is 44.8 Å². The number of nitrogens with zero attached hydrogens (tertiary/aromatic N) is 2. The molecule has 2 aromatic rings. The first-order valence-electron chi connectivity index (χ1n) is 13.4. The number of hydrogen-bond donors (Lipinski definition) is 8. The van der Waals surface area contributed by atoms with Gasteiger partial charge in [0, 0.05) is 36.6 Å². The van der Waals surface area contributed by atoms with Crippen molar-refractivity contribution >= 4 is 58.4 Å². The summed E-state index contributed by atoms with van der Waals surface area (Å²) in [7, 11) is 0. The molecule has 2 heterocycles. The molecule has 0 aliphatic carbocycles. The molecule has 8 N–H and O–H groups in total. The highest BCUT2D eigenvalue weighted by atomic mass is 35.5. The maximum absolute atomic E-state index is 13.1. The van der Waals surface area contributed by atoms with Crippen LogP contribution >= 0.6 is 23.2 Å². The fraction of sp³-hybridized carbons (Fsp3) is 0.407. The number of aryl methyl sites for hydroxylation is 1. The van der Waals surface area contributed by atoms with Crippen LogP contribution in [0.1, 0.15) is 31.7 Å². The largest absolute Gasteiger partial charge is 0.337 e. The average Bonchev–Trinajstić information content (AvgIpc) is 3.48. The summed E-state index contributed by atoms with van der Waals surface area (Å²) in [6.45, 7) is 1.28. The molecule has 10 nitrogen and oxygen atoms in total. The molecule has 0 aromatic heterocycles. The number of alkyl halides is 4. The first kappa shape index (κ1) is 33.7. The van der Waals surface area contributed by atoms with E-state index in [0.29, 0.717) is 15.7 Å². The number of rotatable bonds is 4. The second-order valence-corrected chi connectivity index (χ2v) is 10.9. The van der Waals surface area contributed by atoms with E-state index < -0.39 is 24.9 Å². The van der Waals surface area contributed by atoms with Crippen molar-refractivity contribution < 1.29 is 17.6 Å². The third-order valence-corrected chi connectivity index (χ3v) is 6.99. The number of anilines is 2. The monoisotopic (exact) mass is 644 g/mol. The molecule has 0 radical (unpaired) electrons. The molecule has 0 saturated carbocycles. The van der Waals surface area contributed by atoms with Crippen LogP contribution in [0.25, 0.3) is 0 Å². The van der Waals surface area contributed by atoms with E-state index in [1.807, 2.05) is 24.3 Å². The third kappa shape index (κ3) is 10.5. The third-order valence-electron chi connectivity index (χ3n) is 6.45. The average molecular weight is 646 g/mol. The number of para-hydroxylation sites is 1. The van der Waals surface area contributed by atoms with Crippen LogP contribution in [0.2, 0.25) is 10.0 Å². The Bertz CT molecular complexity index is 1340. The highest BCUT2D eigenvalue weighted by Gasteiger charge is 2.40. The number of benzene rings is 2. The zero-order chi connectivity index (χ0) is 31.8. The van der Waals surface area contributed by atoms with Gasteiger partial charge < -0.3 is 20.4 Å². The Labute approximate surface area is 257 Å². The summed E-state index contributed by atoms with van der Waals surface area (Å²) >= 11 is 11.7. The molecule has 0 amide bonds. The summed E-state index contributed by atoms with van der Waals surface area (Å²) in [6.07, 6.45) is 1.32. The predicted molar refractivity (Wildman–Crippen MR) is 164 cm³/mol. The fourth-order valence-electron chi connectivity index (χ4n) is 4.30. The Morgan fingerprint density at radius 2 is 1.30 bits per heavy atom. The molecule has 0 atom stereocenters. The van der Waals surface area contributed by atoms with Gasteiger partial charge >= 0.3 is 0 Å². The molecule has 2 aromatic carbocycles. The van der Waals surface area contributed by atoms with Gasteiger partial charge in [-0.25, -0.2) is 17.6 Å². The topological polar surface area (TPSA) is 150 Å². The molecule has 2 aliphatic rings. The number of halogens is 6. The van der Waals surface area contributed by atoms with Gasteiger partial charge in [0.05, 0.1) is 23.8 Å². The van der Waals surface area contributed by atoms with Gasteiger partial charge in [-0.15, -0.1) is 0 Å². The van der Waals surface area contributed by atoms with Crippen molar-refractivity contribution in [3.8, 4) is 0 Å². The van der Waals surface area contributed by atoms with Crippen LogP contribution in [0.15, 0.2) is 42.5 Å². The molecule has 16 heteroatoms. The maximum atomic E-state index is 13.1. The number of guanidine groups is 4. The summed E-state index contributed by atoms with van der Waals surface area (Å²) in [4.78, 5) is 2.42. The molecule has 0 bridgehead atoms. The smallest absolute Gasteiger partial charge is 0.267 e. The van der Waals surface area contributed by atoms with Crippen molar-refractivity contribution in [2.24, 2.45) is 0 Å². The van der Waals surface area contributed by atoms with Crippen LogP contribution in [0.3, 0.4) is 0 Å². The Hall–Kier alpha value is -3.78. The minimum Gasteiger partial charge on any atom is -0.337 e. The van der Waals surface area contributed by atoms with Crippen molar-refractivity contribution in [3.63, 3.8) is 0 Å². The van der Waals surface area contributed by atoms with E-state index in [9.17, 15) is 17.6 Å². The molecule has 2 fully saturated rings. The molecule has 0 unspecified atom stereocenters. The molecular formula is C27H34Cl2F4N10. The molecule has 0 spiro atoms. The van der Waals surface area contributed by atoms with Gasteiger partial charge in [-0.05, 0) is 36.2 Å². The lowest BCUT2D eigenvalue weighted by Crippen LogP contribution is -2.45. The quantitative estimate of drug-likeness (QED) is 0.115. The Balaban J connectivity index is 0.000000236. The van der Waals surface area contributed by atoms with Gasteiger partial charge in [0.1, 0.15) is 0 Å². The molecular weight excluding hydrogens is 611 g/mol. The van der Waals surface area contributed by atoms with E-state index in [0.717, 1.165) is 24.1 Å². The number of hydrogen-bond acceptors (Lipinski definition) is 4. The second-order valence-electron chi connectivity index (χ2n) is 10.0. The summed E-state index contributed by atoms with van der Waals surface area (Å²) in [6, 6.07) is 12.3. The first-order valence-corrected chi connectivity index (χ1v) is 14.1. The summed E-state index contributed by atoms with van der Waals surface area (Å²) in [5.41, 5.74) is 2.30. The fourth-order valence-corrected chi connectivity index (χ4v) is 4.76. The Morgan fingerprint density at radius 3 is 1.77 bits per heavy atom. The van der Waals surface area contributed by atoms with Crippen LogP contribution in [0.4, 0.5) is 28.9 Å². The summed E-state index contributed by atoms with van der Waals surface area (Å²) in [5, 5.41) is 42.3. The van der Waals surface area contributed by atoms with Crippen molar-refractivity contribution in [2.45, 2.75) is 44.5 Å². The highest BCUT2D eigenvalue weighted by Crippen LogP contribution is 2.28. The lowest BCUT2D eigenvalue weighted by molar-refractivity contribution is 0.0167. The van der Waals surface area contributed by atoms with Crippen LogP contribution in [0.5, 0.6) is 0 Å². The van der Waals surface area contributed by atoms with Gasteiger partial charge in [-0.2, -0.15) is 0 Å². The minimum absolute atomic E-state index is 0.0772. The van der Waals surface area contributed by atoms with Crippen molar-refractivity contribution in [1.82, 2.24) is 20.4 Å². The highest BCUT2D eigenvalue weighted by molar-refractivity contribution is 6.36. The number of likely N-dealkylation sites (tertiary alicyclic amines) is 2. The zero-order valence-corrected chi connectivity index (χ0v) is 24.9. The molecule has 43 heavy (non-hydrogen) atoms. The zero-order valence-electron chi connectivity index (χ0n) is 23.4. The van der Waals surface area contributed by atoms with Gasteiger partial charge in [0.15, 0.2) is 23.8 Å². The van der Waals surface area contributed by atoms with E-state index in [2.05, 4.69) is 28.2 Å². The minimum atomic E-state index is -2.79. The van der Waals surface area contributed by atoms with E-state index in [1.165, 1.54) is 15.9 Å². The maximum Gasteiger partial charge on any atom is 0.267 e. The van der Waals surface area contributed by atoms with Gasteiger partial charge in [0.2, 0.25) is 0 Å². The summed E-state index contributed by atoms with van der Waals surface area (Å²) in [5.74, 6) is -6.30. The van der Waals surface area contributed by atoms with Gasteiger partial charge in [-0.3, -0.25) is 32.3 Å². The van der Waals surface area contributed by atoms with Crippen molar-refractivity contribution in [3.05, 3.63) is 58.1 Å². The van der Waals surface area contributed by atoms with Gasteiger partial charge in [-0.1, -0.05) is 54.7 Å². The Morgan fingerprint density at radius 1 is 0.791 bits per heavy atom. The van der Waals surface area contributed by atoms with Crippen molar-refractivity contribution in [1.29, 1.82) is 21.6 Å². The summed E-state index contributed by atoms with van der Waals surface area (Å²) < 4.78 is 52.4. The normalized spacial score (nSPS) is 16.5. The number of nitrogens with one attached hydrogen (secondary N) is 8. The SMILES string of the molecule is CCCc1ccccc1NC(=N)NC(=N)N1CCC(F)(F)C1.N=C(NC(=N)N1CCC(F)(F)C1)Nc1ccc(Cl)cc1Cl.